The number of aliphatic carboxylic acids is 1. The van der Waals surface area contributed by atoms with E-state index < -0.39 is 18.1 Å². The molecule has 0 radical (unpaired) electrons. The lowest BCUT2D eigenvalue weighted by molar-refractivity contribution is -0.887. The van der Waals surface area contributed by atoms with Gasteiger partial charge in [-0.2, -0.15) is 0 Å². The second kappa shape index (κ2) is 42.0. The summed E-state index contributed by atoms with van der Waals surface area (Å²) in [6, 6.07) is -0.617. The summed E-state index contributed by atoms with van der Waals surface area (Å²) in [6.45, 7) is 4.70. The van der Waals surface area contributed by atoms with Crippen molar-refractivity contribution in [2.24, 2.45) is 0 Å². The van der Waals surface area contributed by atoms with Gasteiger partial charge in [-0.05, 0) is 57.8 Å². The molecule has 59 heavy (non-hydrogen) atoms. The van der Waals surface area contributed by atoms with Crippen LogP contribution in [0, 0.1) is 0 Å². The monoisotopic (exact) mass is 831 g/mol. The molecule has 0 amide bonds. The highest BCUT2D eigenvalue weighted by Crippen LogP contribution is 2.15. The predicted molar refractivity (Wildman–Crippen MR) is 248 cm³/mol. The molecule has 0 aromatic heterocycles. The maximum absolute atomic E-state index is 12.7. The molecular formula is C51H92NO7+. The summed E-state index contributed by atoms with van der Waals surface area (Å²) >= 11 is 0. The van der Waals surface area contributed by atoms with Gasteiger partial charge in [-0.1, -0.05) is 178 Å². The van der Waals surface area contributed by atoms with E-state index in [1.54, 1.807) is 0 Å². The van der Waals surface area contributed by atoms with Gasteiger partial charge in [-0.15, -0.1) is 0 Å². The fourth-order valence-corrected chi connectivity index (χ4v) is 6.96. The number of hydrogen-bond donors (Lipinski definition) is 1. The predicted octanol–water partition coefficient (Wildman–Crippen LogP) is 13.6. The lowest BCUT2D eigenvalue weighted by Gasteiger charge is -2.31. The highest BCUT2D eigenvalue weighted by atomic mass is 16.6. The second-order valence-electron chi connectivity index (χ2n) is 17.4. The van der Waals surface area contributed by atoms with E-state index in [-0.39, 0.29) is 36.2 Å². The molecule has 0 aliphatic heterocycles. The van der Waals surface area contributed by atoms with Crippen molar-refractivity contribution in [3.05, 3.63) is 48.6 Å². The summed E-state index contributed by atoms with van der Waals surface area (Å²) in [5, 5.41) is 9.63. The summed E-state index contributed by atoms with van der Waals surface area (Å²) in [6.07, 6.45) is 50.0. The molecule has 1 N–H and O–H groups in total. The van der Waals surface area contributed by atoms with Crippen LogP contribution in [0.3, 0.4) is 0 Å². The minimum Gasteiger partial charge on any atom is -0.477 e. The van der Waals surface area contributed by atoms with E-state index in [9.17, 15) is 19.5 Å². The Morgan fingerprint density at radius 2 is 0.898 bits per heavy atom. The number of likely N-dealkylation sites (N-methyl/N-ethyl adjacent to an activating group) is 1. The largest absolute Gasteiger partial charge is 0.477 e. The molecule has 0 bridgehead atoms. The molecule has 0 saturated heterocycles. The van der Waals surface area contributed by atoms with E-state index in [4.69, 9.17) is 14.2 Å². The number of carbonyl (C=O) groups is 3. The van der Waals surface area contributed by atoms with Crippen LogP contribution < -0.4 is 0 Å². The van der Waals surface area contributed by atoms with Crippen molar-refractivity contribution in [3.8, 4) is 0 Å². The molecule has 0 aliphatic carbocycles. The average molecular weight is 831 g/mol. The molecule has 0 fully saturated rings. The van der Waals surface area contributed by atoms with Gasteiger partial charge in [-0.3, -0.25) is 9.59 Å². The van der Waals surface area contributed by atoms with E-state index in [0.717, 1.165) is 77.0 Å². The van der Waals surface area contributed by atoms with Crippen LogP contribution in [0.2, 0.25) is 0 Å². The van der Waals surface area contributed by atoms with E-state index in [0.29, 0.717) is 19.3 Å². The maximum atomic E-state index is 12.7. The third-order valence-electron chi connectivity index (χ3n) is 10.7. The number of carboxylic acid groups (broad SMARTS) is 1. The van der Waals surface area contributed by atoms with E-state index >= 15 is 0 Å². The van der Waals surface area contributed by atoms with Crippen LogP contribution in [-0.2, 0) is 28.6 Å². The van der Waals surface area contributed by atoms with Crippen molar-refractivity contribution in [2.75, 3.05) is 41.0 Å². The first kappa shape index (κ1) is 56.3. The van der Waals surface area contributed by atoms with Crippen molar-refractivity contribution in [2.45, 2.75) is 219 Å². The molecule has 0 aliphatic rings. The third-order valence-corrected chi connectivity index (χ3v) is 10.7. The van der Waals surface area contributed by atoms with E-state index in [1.165, 1.54) is 96.3 Å². The quantitative estimate of drug-likeness (QED) is 0.0283. The zero-order valence-corrected chi connectivity index (χ0v) is 39.0. The van der Waals surface area contributed by atoms with Crippen LogP contribution in [0.25, 0.3) is 0 Å². The number of quaternary nitrogens is 1. The van der Waals surface area contributed by atoms with Crippen LogP contribution in [0.1, 0.15) is 206 Å². The molecule has 0 aromatic carbocycles. The summed E-state index contributed by atoms with van der Waals surface area (Å²) < 4.78 is 17.3. The van der Waals surface area contributed by atoms with Gasteiger partial charge in [0.1, 0.15) is 6.61 Å². The van der Waals surface area contributed by atoms with Gasteiger partial charge in [0.05, 0.1) is 34.4 Å². The number of carboxylic acids is 1. The van der Waals surface area contributed by atoms with Crippen LogP contribution in [0.4, 0.5) is 0 Å². The number of allylic oxidation sites excluding steroid dienone is 8. The van der Waals surface area contributed by atoms with Crippen molar-refractivity contribution in [1.82, 2.24) is 0 Å². The van der Waals surface area contributed by atoms with E-state index in [1.807, 2.05) is 21.1 Å². The van der Waals surface area contributed by atoms with Gasteiger partial charge in [0.25, 0.3) is 0 Å². The molecule has 0 heterocycles. The van der Waals surface area contributed by atoms with Gasteiger partial charge >= 0.3 is 17.9 Å². The number of carbonyl (C=O) groups excluding carboxylic acids is 2. The zero-order chi connectivity index (χ0) is 43.5. The number of hydrogen-bond acceptors (Lipinski definition) is 6. The maximum Gasteiger partial charge on any atom is 0.362 e. The number of nitrogens with zero attached hydrogens (tertiary/aromatic N) is 1. The molecule has 2 atom stereocenters. The Kier molecular flexibility index (Phi) is 40.1. The fraction of sp³-hybridized carbons (Fsp3) is 0.784. The van der Waals surface area contributed by atoms with Gasteiger partial charge in [0.2, 0.25) is 0 Å². The summed E-state index contributed by atoms with van der Waals surface area (Å²) in [4.78, 5) is 37.1. The Balaban J connectivity index is 4.31. The summed E-state index contributed by atoms with van der Waals surface area (Å²) in [5.74, 6) is -1.48. The molecule has 342 valence electrons. The third kappa shape index (κ3) is 40.5. The number of ether oxygens (including phenoxy) is 3. The van der Waals surface area contributed by atoms with Crippen LogP contribution >= 0.6 is 0 Å². The van der Waals surface area contributed by atoms with Crippen LogP contribution in [0.15, 0.2) is 48.6 Å². The summed E-state index contributed by atoms with van der Waals surface area (Å²) in [5.41, 5.74) is 0. The van der Waals surface area contributed by atoms with Crippen molar-refractivity contribution >= 4 is 17.9 Å². The van der Waals surface area contributed by atoms with Crippen LogP contribution in [0.5, 0.6) is 0 Å². The van der Waals surface area contributed by atoms with Gasteiger partial charge in [0.15, 0.2) is 12.1 Å². The first-order valence-corrected chi connectivity index (χ1v) is 24.2. The Hall–Kier alpha value is -2.71. The average Bonchev–Trinajstić information content (AvgIpc) is 3.19. The minimum absolute atomic E-state index is 0.0562. The van der Waals surface area contributed by atoms with Gasteiger partial charge in [0, 0.05) is 19.3 Å². The Labute approximate surface area is 363 Å². The molecule has 8 heteroatoms. The zero-order valence-electron chi connectivity index (χ0n) is 39.0. The Morgan fingerprint density at radius 3 is 1.36 bits per heavy atom. The number of unbranched alkanes of at least 4 members (excludes halogenated alkanes) is 21. The van der Waals surface area contributed by atoms with Gasteiger partial charge in [-0.25, -0.2) is 4.79 Å². The molecule has 0 spiro atoms. The number of rotatable bonds is 43. The smallest absolute Gasteiger partial charge is 0.362 e. The molecule has 8 nitrogen and oxygen atoms in total. The molecular weight excluding hydrogens is 739 g/mol. The first-order chi connectivity index (χ1) is 28.6. The van der Waals surface area contributed by atoms with Crippen LogP contribution in [-0.4, -0.2) is 80.6 Å². The van der Waals surface area contributed by atoms with Crippen molar-refractivity contribution in [1.29, 1.82) is 0 Å². The molecule has 0 aromatic rings. The van der Waals surface area contributed by atoms with Gasteiger partial charge < -0.3 is 23.8 Å². The molecule has 0 rings (SSSR count). The van der Waals surface area contributed by atoms with Crippen molar-refractivity contribution < 1.29 is 38.2 Å². The highest BCUT2D eigenvalue weighted by molar-refractivity contribution is 5.72. The van der Waals surface area contributed by atoms with Crippen molar-refractivity contribution in [3.63, 3.8) is 0 Å². The standard InChI is InChI=1S/C51H91NO7/c1-6-8-10-12-14-16-18-20-22-23-24-25-26-27-28-30-31-33-35-37-39-41-49(53)58-46-47(45-57-44-43-48(51(55)56)52(3,4)5)59-50(54)42-40-38-36-34-32-29-21-19-17-15-13-11-9-7-2/h14,16,20,22,24-25,27-28,47-48H,6-13,15,17-19,21,23,26,29-46H2,1-5H3/p+1/b16-14+,22-20+,25-24+,28-27+. The Morgan fingerprint density at radius 1 is 0.508 bits per heavy atom. The first-order valence-electron chi connectivity index (χ1n) is 24.2. The van der Waals surface area contributed by atoms with E-state index in [2.05, 4.69) is 62.5 Å². The lowest BCUT2D eigenvalue weighted by Crippen LogP contribution is -2.50. The normalized spacial score (nSPS) is 13.3. The second-order valence-corrected chi connectivity index (χ2v) is 17.4. The molecule has 0 saturated carbocycles. The lowest BCUT2D eigenvalue weighted by atomic mass is 10.0. The number of esters is 2. The highest BCUT2D eigenvalue weighted by Gasteiger charge is 2.31. The molecule has 2 unspecified atom stereocenters. The summed E-state index contributed by atoms with van der Waals surface area (Å²) in [7, 11) is 5.53. The topological polar surface area (TPSA) is 99.1 Å². The fourth-order valence-electron chi connectivity index (χ4n) is 6.96. The Bertz CT molecular complexity index is 1110. The minimum atomic E-state index is -0.877. The SMILES string of the molecule is CCCCC/C=C/C/C=C/C/C=C/C/C=C/CCCCCCCC(=O)OCC(COCCC(C(=O)O)[N+](C)(C)C)OC(=O)CCCCCCCCCCCCCCCC.